The molecular formula is C31H31F3N2O7. The summed E-state index contributed by atoms with van der Waals surface area (Å²) in [5, 5.41) is 8.78. The first-order valence-corrected chi connectivity index (χ1v) is 13.6. The van der Waals surface area contributed by atoms with Gasteiger partial charge in [0.1, 0.15) is 35.7 Å². The molecule has 1 amide bonds. The maximum atomic E-state index is 13.5. The van der Waals surface area contributed by atoms with E-state index in [1.54, 1.807) is 18.2 Å². The second-order valence-electron chi connectivity index (χ2n) is 10.6. The number of rotatable bonds is 8. The highest BCUT2D eigenvalue weighted by atomic mass is 19.4. The van der Waals surface area contributed by atoms with Gasteiger partial charge in [0.2, 0.25) is 0 Å². The number of para-hydroxylation sites is 3. The van der Waals surface area contributed by atoms with E-state index in [0.29, 0.717) is 29.4 Å². The van der Waals surface area contributed by atoms with Crippen molar-refractivity contribution in [2.45, 2.75) is 31.0 Å². The average Bonchev–Trinajstić information content (AvgIpc) is 3.33. The molecule has 1 fully saturated rings. The largest absolute Gasteiger partial charge is 0.542 e. The summed E-state index contributed by atoms with van der Waals surface area (Å²) < 4.78 is 50.3. The second-order valence-corrected chi connectivity index (χ2v) is 10.6. The maximum Gasteiger partial charge on any atom is 0.430 e. The lowest BCUT2D eigenvalue weighted by molar-refractivity contribution is -0.899. The van der Waals surface area contributed by atoms with Crippen molar-refractivity contribution < 1.29 is 51.4 Å². The van der Waals surface area contributed by atoms with Crippen LogP contribution in [0.4, 0.5) is 13.2 Å². The van der Waals surface area contributed by atoms with Crippen LogP contribution in [0.25, 0.3) is 0 Å². The van der Waals surface area contributed by atoms with Gasteiger partial charge in [-0.15, -0.1) is 0 Å². The van der Waals surface area contributed by atoms with E-state index < -0.39 is 24.0 Å². The van der Waals surface area contributed by atoms with Crippen molar-refractivity contribution in [1.82, 2.24) is 0 Å². The third kappa shape index (κ3) is 7.83. The van der Waals surface area contributed by atoms with Gasteiger partial charge in [0.25, 0.3) is 5.91 Å². The molecule has 12 heteroatoms. The third-order valence-corrected chi connectivity index (χ3v) is 7.32. The van der Waals surface area contributed by atoms with Crippen LogP contribution in [0.5, 0.6) is 17.2 Å². The summed E-state index contributed by atoms with van der Waals surface area (Å²) in [4.78, 5) is 33.8. The molecule has 2 aliphatic heterocycles. The number of carbonyl (C=O) groups is 3. The molecule has 3 aromatic carbocycles. The van der Waals surface area contributed by atoms with Crippen LogP contribution < -0.4 is 20.3 Å². The predicted molar refractivity (Wildman–Crippen MR) is 146 cm³/mol. The highest BCUT2D eigenvalue weighted by Crippen LogP contribution is 2.44. The zero-order valence-corrected chi connectivity index (χ0v) is 23.3. The number of carbonyl (C=O) groups excluding carboxylic acids is 3. The fourth-order valence-corrected chi connectivity index (χ4v) is 5.25. The van der Waals surface area contributed by atoms with Gasteiger partial charge in [-0.1, -0.05) is 48.5 Å². The molecule has 2 heterocycles. The Kier molecular flexibility index (Phi) is 9.59. The van der Waals surface area contributed by atoms with Crippen LogP contribution in [-0.2, 0) is 14.3 Å². The zero-order valence-electron chi connectivity index (χ0n) is 23.3. The lowest BCUT2D eigenvalue weighted by atomic mass is 9.88. The Bertz CT molecular complexity index is 1430. The number of hydrogen-bond donors (Lipinski definition) is 1. The molecule has 2 aliphatic rings. The molecule has 9 nitrogen and oxygen atoms in total. The number of amides is 1. The van der Waals surface area contributed by atoms with Crippen molar-refractivity contribution in [1.29, 1.82) is 0 Å². The molecule has 0 radical (unpaired) electrons. The maximum absolute atomic E-state index is 13.5. The average molecular weight is 601 g/mol. The normalized spacial score (nSPS) is 19.1. The van der Waals surface area contributed by atoms with Gasteiger partial charge in [-0.25, -0.2) is 0 Å². The molecule has 0 saturated carbocycles. The fraction of sp³-hybridized carbons (Fsp3) is 0.323. The van der Waals surface area contributed by atoms with Crippen molar-refractivity contribution in [3.63, 3.8) is 0 Å². The Labute approximate surface area is 246 Å². The SMILES string of the molecule is C[N+]1(CCCOc2ccccc2C(N)=O)CCC(OC(=O)C2c3ccccc3Oc3ccccc32)C1.O=C([O-])C(F)(F)F. The van der Waals surface area contributed by atoms with Crippen molar-refractivity contribution >= 4 is 17.8 Å². The number of primary amides is 1. The van der Waals surface area contributed by atoms with Crippen LogP contribution >= 0.6 is 0 Å². The van der Waals surface area contributed by atoms with Gasteiger partial charge in [-0.2, -0.15) is 13.2 Å². The molecule has 43 heavy (non-hydrogen) atoms. The number of carboxylic acid groups (broad SMARTS) is 1. The Morgan fingerprint density at radius 2 is 1.53 bits per heavy atom. The number of quaternary nitrogens is 1. The van der Waals surface area contributed by atoms with E-state index >= 15 is 0 Å². The summed E-state index contributed by atoms with van der Waals surface area (Å²) in [5.41, 5.74) is 7.50. The summed E-state index contributed by atoms with van der Waals surface area (Å²) in [6.45, 7) is 3.06. The van der Waals surface area contributed by atoms with E-state index in [1.807, 2.05) is 54.6 Å². The van der Waals surface area contributed by atoms with Gasteiger partial charge in [0.15, 0.2) is 6.10 Å². The topological polar surface area (TPSA) is 128 Å². The Hall–Kier alpha value is -4.58. The van der Waals surface area contributed by atoms with Crippen LogP contribution in [0.3, 0.4) is 0 Å². The standard InChI is InChI=1S/C29H30N2O5.C2HF3O2/c1-31(16-8-18-34-24-12-5-4-11-23(24)28(30)32)17-15-20(19-31)35-29(33)27-21-9-2-6-13-25(21)36-26-14-7-3-10-22(26)27;3-2(4,5)1(6)7/h2-7,9-14,20,27H,8,15-19H2,1H3,(H-,30,32);(H,6,7). The highest BCUT2D eigenvalue weighted by Gasteiger charge is 2.40. The van der Waals surface area contributed by atoms with E-state index in [-0.39, 0.29) is 12.1 Å². The van der Waals surface area contributed by atoms with E-state index in [4.69, 9.17) is 29.8 Å². The number of nitrogens with two attached hydrogens (primary N) is 1. The number of benzene rings is 3. The van der Waals surface area contributed by atoms with Gasteiger partial charge in [-0.3, -0.25) is 9.59 Å². The van der Waals surface area contributed by atoms with E-state index in [1.165, 1.54) is 0 Å². The van der Waals surface area contributed by atoms with Gasteiger partial charge >= 0.3 is 12.1 Å². The summed E-state index contributed by atoms with van der Waals surface area (Å²) in [5.74, 6) is -2.33. The molecule has 0 aromatic heterocycles. The minimum Gasteiger partial charge on any atom is -0.542 e. The summed E-state index contributed by atoms with van der Waals surface area (Å²) in [7, 11) is 2.18. The van der Waals surface area contributed by atoms with Crippen LogP contribution in [0.2, 0.25) is 0 Å². The minimum absolute atomic E-state index is 0.138. The number of alkyl halides is 3. The number of halogens is 3. The van der Waals surface area contributed by atoms with Crippen LogP contribution in [0.1, 0.15) is 40.2 Å². The first-order chi connectivity index (χ1) is 20.4. The number of esters is 1. The van der Waals surface area contributed by atoms with Gasteiger partial charge in [-0.05, 0) is 24.3 Å². The monoisotopic (exact) mass is 600 g/mol. The number of likely N-dealkylation sites (tertiary alicyclic amines) is 1. The summed E-state index contributed by atoms with van der Waals surface area (Å²) >= 11 is 0. The Morgan fingerprint density at radius 1 is 0.977 bits per heavy atom. The molecule has 0 spiro atoms. The predicted octanol–water partition coefficient (Wildman–Crippen LogP) is 3.55. The van der Waals surface area contributed by atoms with E-state index in [0.717, 1.165) is 48.1 Å². The highest BCUT2D eigenvalue weighted by molar-refractivity contribution is 5.95. The lowest BCUT2D eigenvalue weighted by Gasteiger charge is -2.30. The molecule has 0 bridgehead atoms. The first-order valence-electron chi connectivity index (χ1n) is 13.6. The first kappa shape index (κ1) is 31.4. The fourth-order valence-electron chi connectivity index (χ4n) is 5.25. The number of carboxylic acids is 1. The second kappa shape index (κ2) is 13.2. The van der Waals surface area contributed by atoms with Gasteiger partial charge < -0.3 is 34.3 Å². The molecule has 2 N–H and O–H groups in total. The molecule has 228 valence electrons. The lowest BCUT2D eigenvalue weighted by Crippen LogP contribution is -2.44. The quantitative estimate of drug-likeness (QED) is 0.238. The van der Waals surface area contributed by atoms with Crippen LogP contribution in [-0.4, -0.2) is 67.9 Å². The number of ether oxygens (including phenoxy) is 3. The number of aliphatic carboxylic acids is 1. The molecule has 5 rings (SSSR count). The number of fused-ring (bicyclic) bond motifs is 2. The summed E-state index contributed by atoms with van der Waals surface area (Å²) in [6.07, 6.45) is -3.70. The van der Waals surface area contributed by atoms with Crippen LogP contribution in [0.15, 0.2) is 72.8 Å². The Balaban J connectivity index is 0.000000541. The number of likely N-dealkylation sites (N-methyl/N-ethyl adjacent to an activating group) is 1. The zero-order chi connectivity index (χ0) is 31.2. The molecule has 3 aromatic rings. The molecule has 0 aliphatic carbocycles. The Morgan fingerprint density at radius 3 is 2.12 bits per heavy atom. The van der Waals surface area contributed by atoms with Crippen LogP contribution in [0, 0.1) is 0 Å². The summed E-state index contributed by atoms with van der Waals surface area (Å²) in [6, 6.07) is 22.3. The smallest absolute Gasteiger partial charge is 0.430 e. The van der Waals surface area contributed by atoms with E-state index in [2.05, 4.69) is 7.05 Å². The van der Waals surface area contributed by atoms with Gasteiger partial charge in [0, 0.05) is 24.0 Å². The molecular weight excluding hydrogens is 569 g/mol. The molecule has 2 atom stereocenters. The molecule has 1 saturated heterocycles. The van der Waals surface area contributed by atoms with Crippen molar-refractivity contribution in [3.05, 3.63) is 89.5 Å². The minimum atomic E-state index is -5.19. The van der Waals surface area contributed by atoms with Crippen molar-refractivity contribution in [2.24, 2.45) is 5.73 Å². The van der Waals surface area contributed by atoms with Crippen molar-refractivity contribution in [2.75, 3.05) is 33.3 Å². The van der Waals surface area contributed by atoms with Crippen molar-refractivity contribution in [3.8, 4) is 17.2 Å². The number of hydrogen-bond acceptors (Lipinski definition) is 7. The third-order valence-electron chi connectivity index (χ3n) is 7.32. The van der Waals surface area contributed by atoms with Gasteiger partial charge in [0.05, 0.1) is 32.3 Å². The number of nitrogens with zero attached hydrogens (tertiary/aromatic N) is 1. The molecule has 2 unspecified atom stereocenters. The van der Waals surface area contributed by atoms with E-state index in [9.17, 15) is 22.8 Å².